The van der Waals surface area contributed by atoms with E-state index in [4.69, 9.17) is 27.2 Å². The Hall–Kier alpha value is -4.10. The Morgan fingerprint density at radius 2 is 1.82 bits per heavy atom. The predicted octanol–water partition coefficient (Wildman–Crippen LogP) is 4.67. The molecule has 8 heteroatoms. The highest BCUT2D eigenvalue weighted by Gasteiger charge is 2.16. The van der Waals surface area contributed by atoms with Crippen molar-refractivity contribution in [3.63, 3.8) is 0 Å². The first-order chi connectivity index (χ1) is 16.4. The van der Waals surface area contributed by atoms with Crippen molar-refractivity contribution >= 4 is 23.5 Å². The van der Waals surface area contributed by atoms with E-state index in [-0.39, 0.29) is 34.7 Å². The molecule has 1 amide bonds. The molecule has 0 aliphatic heterocycles. The number of pyridine rings is 1. The van der Waals surface area contributed by atoms with Crippen molar-refractivity contribution in [2.45, 2.75) is 13.0 Å². The van der Waals surface area contributed by atoms with Gasteiger partial charge >= 0.3 is 5.97 Å². The SMILES string of the molecule is CC(NC(=O)/C(=C/C(Cl)=C\N)COc1ccc(-c2cccnc2)cc1)c1ccc(C(=O)O)cc1. The van der Waals surface area contributed by atoms with Crippen LogP contribution in [0.4, 0.5) is 0 Å². The summed E-state index contributed by atoms with van der Waals surface area (Å²) >= 11 is 6.04. The summed E-state index contributed by atoms with van der Waals surface area (Å²) < 4.78 is 5.82. The van der Waals surface area contributed by atoms with Crippen LogP contribution in [0.15, 0.2) is 95.9 Å². The molecule has 4 N–H and O–H groups in total. The van der Waals surface area contributed by atoms with Gasteiger partial charge in [-0.2, -0.15) is 0 Å². The maximum atomic E-state index is 12.9. The van der Waals surface area contributed by atoms with Gasteiger partial charge in [0.05, 0.1) is 22.2 Å². The van der Waals surface area contributed by atoms with Crippen LogP contribution >= 0.6 is 11.6 Å². The number of aromatic nitrogens is 1. The number of ether oxygens (including phenoxy) is 1. The fourth-order valence-corrected chi connectivity index (χ4v) is 3.24. The number of nitrogens with one attached hydrogen (secondary N) is 1. The van der Waals surface area contributed by atoms with Crippen LogP contribution in [-0.4, -0.2) is 28.6 Å². The number of hydrogen-bond acceptors (Lipinski definition) is 5. The molecule has 0 saturated carbocycles. The summed E-state index contributed by atoms with van der Waals surface area (Å²) in [4.78, 5) is 28.1. The number of aromatic carboxylic acids is 1. The van der Waals surface area contributed by atoms with Crippen LogP contribution in [-0.2, 0) is 4.79 Å². The second kappa shape index (κ2) is 11.7. The number of carbonyl (C=O) groups excluding carboxylic acids is 1. The normalized spacial score (nSPS) is 12.6. The van der Waals surface area contributed by atoms with E-state index in [1.54, 1.807) is 31.5 Å². The molecule has 0 aliphatic carbocycles. The zero-order chi connectivity index (χ0) is 24.5. The first-order valence-corrected chi connectivity index (χ1v) is 10.8. The lowest BCUT2D eigenvalue weighted by Gasteiger charge is -2.17. The van der Waals surface area contributed by atoms with E-state index < -0.39 is 5.97 Å². The maximum absolute atomic E-state index is 12.9. The van der Waals surface area contributed by atoms with Crippen molar-refractivity contribution in [1.82, 2.24) is 10.3 Å². The molecule has 34 heavy (non-hydrogen) atoms. The maximum Gasteiger partial charge on any atom is 0.335 e. The largest absolute Gasteiger partial charge is 0.489 e. The molecule has 0 spiro atoms. The Morgan fingerprint density at radius 3 is 2.41 bits per heavy atom. The van der Waals surface area contributed by atoms with Crippen molar-refractivity contribution in [3.05, 3.63) is 107 Å². The molecule has 1 unspecified atom stereocenters. The van der Waals surface area contributed by atoms with Crippen molar-refractivity contribution in [2.75, 3.05) is 6.61 Å². The highest BCUT2D eigenvalue weighted by molar-refractivity contribution is 6.31. The number of hydrogen-bond donors (Lipinski definition) is 3. The first kappa shape index (κ1) is 24.5. The second-order valence-corrected chi connectivity index (χ2v) is 7.83. The number of nitrogens with two attached hydrogens (primary N) is 1. The molecule has 0 saturated heterocycles. The van der Waals surface area contributed by atoms with Gasteiger partial charge < -0.3 is 20.9 Å². The van der Waals surface area contributed by atoms with Crippen molar-refractivity contribution < 1.29 is 19.4 Å². The van der Waals surface area contributed by atoms with Gasteiger partial charge in [-0.3, -0.25) is 9.78 Å². The fourth-order valence-electron chi connectivity index (χ4n) is 3.11. The molecule has 0 fully saturated rings. The molecular weight excluding hydrogens is 454 g/mol. The first-order valence-electron chi connectivity index (χ1n) is 10.4. The summed E-state index contributed by atoms with van der Waals surface area (Å²) in [6.45, 7) is 1.76. The van der Waals surface area contributed by atoms with E-state index >= 15 is 0 Å². The summed E-state index contributed by atoms with van der Waals surface area (Å²) in [5.41, 5.74) is 8.64. The third-order valence-electron chi connectivity index (χ3n) is 5.01. The van der Waals surface area contributed by atoms with E-state index in [1.165, 1.54) is 24.4 Å². The highest BCUT2D eigenvalue weighted by Crippen LogP contribution is 2.22. The van der Waals surface area contributed by atoms with Gasteiger partial charge in [0.2, 0.25) is 0 Å². The lowest BCUT2D eigenvalue weighted by molar-refractivity contribution is -0.118. The molecule has 0 radical (unpaired) electrons. The third kappa shape index (κ3) is 6.70. The van der Waals surface area contributed by atoms with Gasteiger partial charge in [-0.15, -0.1) is 0 Å². The summed E-state index contributed by atoms with van der Waals surface area (Å²) in [7, 11) is 0. The van der Waals surface area contributed by atoms with Gasteiger partial charge in [-0.1, -0.05) is 41.9 Å². The molecule has 3 aromatic rings. The van der Waals surface area contributed by atoms with Crippen LogP contribution in [0, 0.1) is 0 Å². The van der Waals surface area contributed by atoms with Crippen LogP contribution in [0.2, 0.25) is 0 Å². The van der Waals surface area contributed by atoms with Gasteiger partial charge in [0.25, 0.3) is 5.91 Å². The summed E-state index contributed by atoms with van der Waals surface area (Å²) in [6, 6.07) is 17.2. The van der Waals surface area contributed by atoms with Crippen LogP contribution in [0.1, 0.15) is 28.9 Å². The molecule has 1 heterocycles. The Labute approximate surface area is 202 Å². The zero-order valence-electron chi connectivity index (χ0n) is 18.4. The number of amides is 1. The summed E-state index contributed by atoms with van der Waals surface area (Å²) in [5, 5.41) is 12.1. The fraction of sp³-hybridized carbons (Fsp3) is 0.115. The van der Waals surface area contributed by atoms with Gasteiger partial charge in [-0.05, 0) is 60.0 Å². The minimum atomic E-state index is -1.01. The molecule has 174 valence electrons. The van der Waals surface area contributed by atoms with Gasteiger partial charge in [0.15, 0.2) is 0 Å². The number of carboxylic acids is 1. The number of carboxylic acid groups (broad SMARTS) is 1. The number of halogens is 1. The Balaban J connectivity index is 1.68. The molecule has 1 aromatic heterocycles. The zero-order valence-corrected chi connectivity index (χ0v) is 19.2. The van der Waals surface area contributed by atoms with Gasteiger partial charge in [0, 0.05) is 18.6 Å². The van der Waals surface area contributed by atoms with Crippen LogP contribution in [0.5, 0.6) is 5.75 Å². The van der Waals surface area contributed by atoms with E-state index in [1.807, 2.05) is 36.4 Å². The quantitative estimate of drug-likeness (QED) is 0.305. The number of benzene rings is 2. The topological polar surface area (TPSA) is 115 Å². The number of carbonyl (C=O) groups is 2. The average molecular weight is 478 g/mol. The van der Waals surface area contributed by atoms with E-state index in [0.717, 1.165) is 16.7 Å². The smallest absolute Gasteiger partial charge is 0.335 e. The Bertz CT molecular complexity index is 1190. The van der Waals surface area contributed by atoms with Gasteiger partial charge in [-0.25, -0.2) is 4.79 Å². The highest BCUT2D eigenvalue weighted by atomic mass is 35.5. The summed E-state index contributed by atoms with van der Waals surface area (Å²) in [6.07, 6.45) is 6.12. The predicted molar refractivity (Wildman–Crippen MR) is 131 cm³/mol. The average Bonchev–Trinajstić information content (AvgIpc) is 2.87. The minimum absolute atomic E-state index is 0.0349. The van der Waals surface area contributed by atoms with Crippen molar-refractivity contribution in [2.24, 2.45) is 5.73 Å². The third-order valence-corrected chi connectivity index (χ3v) is 5.25. The number of nitrogens with zero attached hydrogens (tertiary/aromatic N) is 1. The molecule has 3 rings (SSSR count). The van der Waals surface area contributed by atoms with Crippen molar-refractivity contribution in [3.8, 4) is 16.9 Å². The second-order valence-electron chi connectivity index (χ2n) is 7.40. The van der Waals surface area contributed by atoms with E-state index in [9.17, 15) is 9.59 Å². The molecule has 2 aromatic carbocycles. The molecule has 1 atom stereocenters. The monoisotopic (exact) mass is 477 g/mol. The summed E-state index contributed by atoms with van der Waals surface area (Å²) in [5.74, 6) is -0.819. The minimum Gasteiger partial charge on any atom is -0.489 e. The van der Waals surface area contributed by atoms with Crippen molar-refractivity contribution in [1.29, 1.82) is 0 Å². The van der Waals surface area contributed by atoms with E-state index in [0.29, 0.717) is 5.75 Å². The lowest BCUT2D eigenvalue weighted by Crippen LogP contribution is -2.30. The van der Waals surface area contributed by atoms with Gasteiger partial charge in [0.1, 0.15) is 12.4 Å². The number of rotatable bonds is 9. The Morgan fingerprint density at radius 1 is 1.12 bits per heavy atom. The molecular formula is C26H24ClN3O4. The molecule has 7 nitrogen and oxygen atoms in total. The lowest BCUT2D eigenvalue weighted by atomic mass is 10.1. The van der Waals surface area contributed by atoms with E-state index in [2.05, 4.69) is 10.3 Å². The standard InChI is InChI=1S/C26H24ClN3O4/c1-17(18-4-6-20(7-5-18)26(32)33)30-25(31)22(13-23(27)14-28)16-34-24-10-8-19(9-11-24)21-3-2-12-29-15-21/h2-15,17H,16,28H2,1H3,(H,30,31)(H,32,33)/b22-13+,23-14+. The van der Waals surface area contributed by atoms with Crippen LogP contribution < -0.4 is 15.8 Å². The molecule has 0 aliphatic rings. The Kier molecular flexibility index (Phi) is 8.43. The number of allylic oxidation sites excluding steroid dienone is 2. The van der Waals surface area contributed by atoms with Crippen LogP contribution in [0.25, 0.3) is 11.1 Å². The molecule has 0 bridgehead atoms. The van der Waals surface area contributed by atoms with Crippen LogP contribution in [0.3, 0.4) is 0 Å².